The van der Waals surface area contributed by atoms with Crippen molar-refractivity contribution in [3.8, 4) is 0 Å². The van der Waals surface area contributed by atoms with Crippen molar-refractivity contribution >= 4 is 17.4 Å². The Kier molecular flexibility index (Phi) is 5.16. The monoisotopic (exact) mass is 351 g/mol. The van der Waals surface area contributed by atoms with E-state index in [2.05, 4.69) is 15.7 Å². The molecule has 1 aromatic heterocycles. The molecule has 5 nitrogen and oxygen atoms in total. The zero-order valence-corrected chi connectivity index (χ0v) is 16.0. The van der Waals surface area contributed by atoms with Gasteiger partial charge in [0.1, 0.15) is 5.60 Å². The highest BCUT2D eigenvalue weighted by Gasteiger charge is 2.44. The molecule has 3 atom stereocenters. The molecule has 1 N–H and O–H groups in total. The first-order valence-corrected chi connectivity index (χ1v) is 9.85. The highest BCUT2D eigenvalue weighted by Crippen LogP contribution is 2.36. The summed E-state index contributed by atoms with van der Waals surface area (Å²) in [5.74, 6) is 0. The van der Waals surface area contributed by atoms with Crippen LogP contribution in [0.15, 0.2) is 5.38 Å². The Morgan fingerprint density at radius 2 is 2.04 bits per heavy atom. The number of ether oxygens (including phenoxy) is 1. The minimum Gasteiger partial charge on any atom is -0.444 e. The van der Waals surface area contributed by atoms with E-state index in [0.717, 1.165) is 43.7 Å². The van der Waals surface area contributed by atoms with Crippen LogP contribution < -0.4 is 5.32 Å². The smallest absolute Gasteiger partial charge is 0.410 e. The number of carbonyl (C=O) groups is 1. The minimum atomic E-state index is -0.419. The highest BCUT2D eigenvalue weighted by molar-refractivity contribution is 7.09. The largest absolute Gasteiger partial charge is 0.444 e. The summed E-state index contributed by atoms with van der Waals surface area (Å²) in [4.78, 5) is 19.0. The molecule has 2 fully saturated rings. The van der Waals surface area contributed by atoms with Gasteiger partial charge in [-0.3, -0.25) is 0 Å². The van der Waals surface area contributed by atoms with Crippen LogP contribution in [-0.2, 0) is 11.2 Å². The summed E-state index contributed by atoms with van der Waals surface area (Å²) < 4.78 is 5.59. The fraction of sp³-hybridized carbons (Fsp3) is 0.778. The van der Waals surface area contributed by atoms with Crippen molar-refractivity contribution in [2.45, 2.75) is 83.5 Å². The number of thiazole rings is 1. The van der Waals surface area contributed by atoms with Crippen LogP contribution in [0.5, 0.6) is 0 Å². The van der Waals surface area contributed by atoms with Crippen molar-refractivity contribution in [1.82, 2.24) is 15.2 Å². The maximum Gasteiger partial charge on any atom is 0.410 e. The summed E-state index contributed by atoms with van der Waals surface area (Å²) in [5, 5.41) is 6.95. The minimum absolute atomic E-state index is 0.133. The zero-order valence-electron chi connectivity index (χ0n) is 15.2. The molecule has 6 heteroatoms. The SMILES string of the molecule is Cc1nc(CCNC2C[C@H]3CC[C@@H](C2)N3C(=O)OC(C)(C)C)cs1. The fourth-order valence-corrected chi connectivity index (χ4v) is 4.53. The second kappa shape index (κ2) is 7.00. The third kappa shape index (κ3) is 4.28. The Morgan fingerprint density at radius 1 is 1.38 bits per heavy atom. The lowest BCUT2D eigenvalue weighted by atomic mass is 9.97. The zero-order chi connectivity index (χ0) is 17.3. The van der Waals surface area contributed by atoms with Crippen molar-refractivity contribution in [1.29, 1.82) is 0 Å². The van der Waals surface area contributed by atoms with E-state index in [1.165, 1.54) is 5.69 Å². The topological polar surface area (TPSA) is 54.5 Å². The van der Waals surface area contributed by atoms with Gasteiger partial charge in [-0.25, -0.2) is 9.78 Å². The molecule has 1 amide bonds. The van der Waals surface area contributed by atoms with Gasteiger partial charge in [0.2, 0.25) is 0 Å². The van der Waals surface area contributed by atoms with Gasteiger partial charge in [-0.1, -0.05) is 0 Å². The number of fused-ring (bicyclic) bond motifs is 2. The average molecular weight is 352 g/mol. The fourth-order valence-electron chi connectivity index (χ4n) is 3.88. The van der Waals surface area contributed by atoms with Crippen LogP contribution in [0, 0.1) is 6.92 Å². The molecular formula is C18H29N3O2S. The normalized spacial score (nSPS) is 26.7. The number of amides is 1. The first-order chi connectivity index (χ1) is 11.3. The van der Waals surface area contributed by atoms with Gasteiger partial charge in [0.05, 0.1) is 10.7 Å². The molecule has 1 aromatic rings. The second-order valence-electron chi connectivity index (χ2n) is 8.00. The highest BCUT2D eigenvalue weighted by atomic mass is 32.1. The number of aryl methyl sites for hydroxylation is 1. The molecule has 24 heavy (non-hydrogen) atoms. The van der Waals surface area contributed by atoms with Crippen molar-refractivity contribution in [3.63, 3.8) is 0 Å². The summed E-state index contributed by atoms with van der Waals surface area (Å²) in [6, 6.07) is 1.16. The Bertz CT molecular complexity index is 567. The molecule has 2 saturated heterocycles. The van der Waals surface area contributed by atoms with Crippen LogP contribution in [-0.4, -0.2) is 46.2 Å². The van der Waals surface area contributed by atoms with Gasteiger partial charge in [0.15, 0.2) is 0 Å². The first-order valence-electron chi connectivity index (χ1n) is 8.97. The molecule has 0 aliphatic carbocycles. The number of nitrogens with one attached hydrogen (secondary N) is 1. The Morgan fingerprint density at radius 3 is 2.58 bits per heavy atom. The summed E-state index contributed by atoms with van der Waals surface area (Å²) >= 11 is 1.71. The number of aromatic nitrogens is 1. The summed E-state index contributed by atoms with van der Waals surface area (Å²) in [7, 11) is 0. The third-order valence-electron chi connectivity index (χ3n) is 4.82. The van der Waals surface area contributed by atoms with Crippen LogP contribution in [0.2, 0.25) is 0 Å². The summed E-state index contributed by atoms with van der Waals surface area (Å²) in [5.41, 5.74) is 0.760. The van der Waals surface area contributed by atoms with E-state index in [4.69, 9.17) is 4.74 Å². The lowest BCUT2D eigenvalue weighted by Gasteiger charge is -2.39. The number of hydrogen-bond acceptors (Lipinski definition) is 5. The number of piperidine rings is 1. The molecule has 0 saturated carbocycles. The van der Waals surface area contributed by atoms with E-state index in [1.54, 1.807) is 11.3 Å². The van der Waals surface area contributed by atoms with Crippen LogP contribution >= 0.6 is 11.3 Å². The molecule has 3 rings (SSSR count). The van der Waals surface area contributed by atoms with E-state index in [1.807, 2.05) is 32.6 Å². The standard InChI is InChI=1S/C18H29N3O2S/c1-12-20-13(11-24-12)7-8-19-14-9-15-5-6-16(10-14)21(15)17(22)23-18(2,3)4/h11,14-16,19H,5-10H2,1-4H3/t14?,15-,16+. The Labute approximate surface area is 148 Å². The molecule has 2 aliphatic rings. The first kappa shape index (κ1) is 17.7. The van der Waals surface area contributed by atoms with E-state index >= 15 is 0 Å². The molecule has 0 aromatic carbocycles. The van der Waals surface area contributed by atoms with Crippen LogP contribution in [0.1, 0.15) is 57.2 Å². The number of hydrogen-bond donors (Lipinski definition) is 1. The average Bonchev–Trinajstić information content (AvgIpc) is 2.99. The molecular weight excluding hydrogens is 322 g/mol. The van der Waals surface area contributed by atoms with Gasteiger partial charge in [0, 0.05) is 36.5 Å². The van der Waals surface area contributed by atoms with E-state index < -0.39 is 5.60 Å². The molecule has 2 bridgehead atoms. The van der Waals surface area contributed by atoms with Gasteiger partial charge in [0.25, 0.3) is 0 Å². The van der Waals surface area contributed by atoms with Gasteiger partial charge >= 0.3 is 6.09 Å². The van der Waals surface area contributed by atoms with Gasteiger partial charge in [-0.05, 0) is 53.4 Å². The van der Waals surface area contributed by atoms with Crippen LogP contribution in [0.3, 0.4) is 0 Å². The molecule has 0 spiro atoms. The van der Waals surface area contributed by atoms with E-state index in [-0.39, 0.29) is 6.09 Å². The van der Waals surface area contributed by atoms with Crippen LogP contribution in [0.4, 0.5) is 4.79 Å². The molecule has 0 radical (unpaired) electrons. The van der Waals surface area contributed by atoms with Crippen molar-refractivity contribution in [2.24, 2.45) is 0 Å². The molecule has 134 valence electrons. The van der Waals surface area contributed by atoms with Crippen LogP contribution in [0.25, 0.3) is 0 Å². The predicted molar refractivity (Wildman–Crippen MR) is 96.5 cm³/mol. The van der Waals surface area contributed by atoms with Crippen molar-refractivity contribution in [2.75, 3.05) is 6.54 Å². The maximum absolute atomic E-state index is 12.5. The lowest BCUT2D eigenvalue weighted by Crippen LogP contribution is -2.52. The van der Waals surface area contributed by atoms with Crippen molar-refractivity contribution in [3.05, 3.63) is 16.1 Å². The predicted octanol–water partition coefficient (Wildman–Crippen LogP) is 3.51. The van der Waals surface area contributed by atoms with Gasteiger partial charge in [-0.15, -0.1) is 11.3 Å². The summed E-state index contributed by atoms with van der Waals surface area (Å²) in [6.07, 6.45) is 5.12. The Hall–Kier alpha value is -1.14. The van der Waals surface area contributed by atoms with Gasteiger partial charge in [-0.2, -0.15) is 0 Å². The maximum atomic E-state index is 12.5. The molecule has 3 heterocycles. The number of nitrogens with zero attached hydrogens (tertiary/aromatic N) is 2. The number of carbonyl (C=O) groups excluding carboxylic acids is 1. The third-order valence-corrected chi connectivity index (χ3v) is 5.64. The van der Waals surface area contributed by atoms with E-state index in [9.17, 15) is 4.79 Å². The lowest BCUT2D eigenvalue weighted by molar-refractivity contribution is 0.00477. The molecule has 2 aliphatic heterocycles. The summed E-state index contributed by atoms with van der Waals surface area (Å²) in [6.45, 7) is 8.80. The van der Waals surface area contributed by atoms with E-state index in [0.29, 0.717) is 18.1 Å². The molecule has 1 unspecified atom stereocenters. The number of rotatable bonds is 4. The van der Waals surface area contributed by atoms with Crippen molar-refractivity contribution < 1.29 is 9.53 Å². The quantitative estimate of drug-likeness (QED) is 0.902. The van der Waals surface area contributed by atoms with Gasteiger partial charge < -0.3 is 15.0 Å². The second-order valence-corrected chi connectivity index (χ2v) is 9.07. The Balaban J connectivity index is 1.49.